The predicted molar refractivity (Wildman–Crippen MR) is 64.3 cm³/mol. The van der Waals surface area contributed by atoms with E-state index in [1.807, 2.05) is 12.3 Å². The summed E-state index contributed by atoms with van der Waals surface area (Å²) in [4.78, 5) is 6.74. The number of aromatic nitrogens is 1. The monoisotopic (exact) mass is 238 g/mol. The highest BCUT2D eigenvalue weighted by molar-refractivity contribution is 6.29. The third kappa shape index (κ3) is 1.95. The molecule has 2 bridgehead atoms. The first-order valence-corrected chi connectivity index (χ1v) is 6.32. The Balaban J connectivity index is 1.75. The highest BCUT2D eigenvalue weighted by Gasteiger charge is 2.38. The predicted octanol–water partition coefficient (Wildman–Crippen LogP) is 1.38. The molecule has 4 heterocycles. The molecular formula is C12H17ClN3+. The van der Waals surface area contributed by atoms with Gasteiger partial charge in [0, 0.05) is 31.4 Å². The zero-order chi connectivity index (χ0) is 11.0. The normalized spacial score (nSPS) is 32.9. The maximum atomic E-state index is 5.81. The standard InChI is InChI=1S/C12H17ClN3/c13-12-2-1-11(9-14-12)10-16-6-3-15(4-7-16)5-8-16/h1-2,9H,3-8,10H2/q+1. The average Bonchev–Trinajstić information content (AvgIpc) is 2.34. The SMILES string of the molecule is Clc1ccc(C[N+]23CCN(CC2)CC3)cn1. The minimum Gasteiger partial charge on any atom is -0.317 e. The van der Waals surface area contributed by atoms with Gasteiger partial charge in [-0.25, -0.2) is 4.98 Å². The van der Waals surface area contributed by atoms with Crippen molar-refractivity contribution in [3.05, 3.63) is 29.0 Å². The molecule has 0 aliphatic carbocycles. The zero-order valence-electron chi connectivity index (χ0n) is 9.40. The lowest BCUT2D eigenvalue weighted by atomic mass is 10.1. The van der Waals surface area contributed by atoms with Gasteiger partial charge in [-0.2, -0.15) is 0 Å². The van der Waals surface area contributed by atoms with E-state index in [4.69, 9.17) is 11.6 Å². The zero-order valence-corrected chi connectivity index (χ0v) is 10.2. The van der Waals surface area contributed by atoms with E-state index in [1.165, 1.54) is 49.3 Å². The number of fused-ring (bicyclic) bond motifs is 3. The van der Waals surface area contributed by atoms with E-state index in [1.54, 1.807) is 0 Å². The summed E-state index contributed by atoms with van der Waals surface area (Å²) < 4.78 is 1.25. The summed E-state index contributed by atoms with van der Waals surface area (Å²) in [6, 6.07) is 4.01. The van der Waals surface area contributed by atoms with E-state index >= 15 is 0 Å². The second-order valence-electron chi connectivity index (χ2n) is 5.00. The van der Waals surface area contributed by atoms with Gasteiger partial charge in [0.15, 0.2) is 0 Å². The molecule has 3 nitrogen and oxygen atoms in total. The first-order chi connectivity index (χ1) is 7.76. The van der Waals surface area contributed by atoms with Crippen molar-refractivity contribution < 1.29 is 4.48 Å². The number of hydrogen-bond acceptors (Lipinski definition) is 2. The van der Waals surface area contributed by atoms with Crippen molar-refractivity contribution >= 4 is 11.6 Å². The summed E-state index contributed by atoms with van der Waals surface area (Å²) >= 11 is 5.81. The van der Waals surface area contributed by atoms with E-state index in [0.29, 0.717) is 5.15 Å². The van der Waals surface area contributed by atoms with Crippen LogP contribution in [0.15, 0.2) is 18.3 Å². The minimum atomic E-state index is 0.590. The number of quaternary nitrogens is 1. The molecule has 0 unspecified atom stereocenters. The van der Waals surface area contributed by atoms with Crippen LogP contribution < -0.4 is 0 Å². The average molecular weight is 239 g/mol. The van der Waals surface area contributed by atoms with Crippen LogP contribution in [0.5, 0.6) is 0 Å². The molecule has 0 aromatic carbocycles. The molecule has 0 radical (unpaired) electrons. The van der Waals surface area contributed by atoms with Crippen LogP contribution in [0.2, 0.25) is 5.15 Å². The van der Waals surface area contributed by atoms with Crippen LogP contribution in [0.25, 0.3) is 0 Å². The molecule has 3 aliphatic rings. The number of nitrogens with zero attached hydrogens (tertiary/aromatic N) is 3. The van der Waals surface area contributed by atoms with Gasteiger partial charge >= 0.3 is 0 Å². The van der Waals surface area contributed by atoms with Gasteiger partial charge in [0.2, 0.25) is 0 Å². The third-order valence-electron chi connectivity index (χ3n) is 3.98. The Hall–Kier alpha value is -0.640. The summed E-state index contributed by atoms with van der Waals surface area (Å²) in [6.45, 7) is 8.80. The van der Waals surface area contributed by atoms with Crippen molar-refractivity contribution in [1.82, 2.24) is 9.88 Å². The van der Waals surface area contributed by atoms with E-state index in [0.717, 1.165) is 6.54 Å². The van der Waals surface area contributed by atoms with Gasteiger partial charge in [0.1, 0.15) is 11.7 Å². The lowest BCUT2D eigenvalue weighted by Gasteiger charge is -2.50. The summed E-state index contributed by atoms with van der Waals surface area (Å²) in [6.07, 6.45) is 1.93. The molecule has 3 aliphatic heterocycles. The van der Waals surface area contributed by atoms with Gasteiger partial charge in [-0.05, 0) is 12.1 Å². The van der Waals surface area contributed by atoms with Crippen molar-refractivity contribution in [2.45, 2.75) is 6.54 Å². The van der Waals surface area contributed by atoms with Crippen molar-refractivity contribution in [1.29, 1.82) is 0 Å². The van der Waals surface area contributed by atoms with Crippen LogP contribution in [0.3, 0.4) is 0 Å². The molecule has 16 heavy (non-hydrogen) atoms. The summed E-state index contributed by atoms with van der Waals surface area (Å²) in [5.41, 5.74) is 1.32. The van der Waals surface area contributed by atoms with E-state index < -0.39 is 0 Å². The first kappa shape index (κ1) is 10.5. The Morgan fingerprint density at radius 3 is 2.44 bits per heavy atom. The fraction of sp³-hybridized carbons (Fsp3) is 0.583. The minimum absolute atomic E-state index is 0.590. The van der Waals surface area contributed by atoms with Gasteiger partial charge in [-0.15, -0.1) is 0 Å². The smallest absolute Gasteiger partial charge is 0.129 e. The third-order valence-corrected chi connectivity index (χ3v) is 4.20. The maximum Gasteiger partial charge on any atom is 0.129 e. The van der Waals surface area contributed by atoms with Gasteiger partial charge < -0.3 is 4.48 Å². The van der Waals surface area contributed by atoms with Crippen LogP contribution in [0.4, 0.5) is 0 Å². The molecule has 0 amide bonds. The van der Waals surface area contributed by atoms with Crippen molar-refractivity contribution in [3.8, 4) is 0 Å². The number of halogens is 1. The number of pyridine rings is 1. The lowest BCUT2D eigenvalue weighted by molar-refractivity contribution is -0.953. The highest BCUT2D eigenvalue weighted by Crippen LogP contribution is 2.23. The molecule has 0 N–H and O–H groups in total. The molecule has 1 aromatic rings. The number of rotatable bonds is 2. The van der Waals surface area contributed by atoms with Crippen LogP contribution in [0.1, 0.15) is 5.56 Å². The molecule has 4 rings (SSSR count). The first-order valence-electron chi connectivity index (χ1n) is 5.94. The highest BCUT2D eigenvalue weighted by atomic mass is 35.5. The Labute approximate surface area is 101 Å². The van der Waals surface area contributed by atoms with Crippen molar-refractivity contribution in [2.75, 3.05) is 39.3 Å². The number of hydrogen-bond donors (Lipinski definition) is 0. The molecule has 0 atom stereocenters. The Morgan fingerprint density at radius 2 is 1.88 bits per heavy atom. The molecule has 3 saturated heterocycles. The summed E-state index contributed by atoms with van der Waals surface area (Å²) in [5, 5.41) is 0.590. The van der Waals surface area contributed by atoms with E-state index in [9.17, 15) is 0 Å². The van der Waals surface area contributed by atoms with Gasteiger partial charge in [-0.1, -0.05) is 11.6 Å². The molecule has 0 spiro atoms. The second kappa shape index (κ2) is 3.99. The van der Waals surface area contributed by atoms with E-state index in [2.05, 4.69) is 16.0 Å². The summed E-state index contributed by atoms with van der Waals surface area (Å²) in [5.74, 6) is 0. The molecule has 0 saturated carbocycles. The van der Waals surface area contributed by atoms with Crippen LogP contribution in [-0.4, -0.2) is 53.6 Å². The second-order valence-corrected chi connectivity index (χ2v) is 5.39. The quantitative estimate of drug-likeness (QED) is 0.572. The molecule has 1 aromatic heterocycles. The number of piperazine rings is 3. The van der Waals surface area contributed by atoms with Crippen LogP contribution in [0, 0.1) is 0 Å². The topological polar surface area (TPSA) is 16.1 Å². The maximum absolute atomic E-state index is 5.81. The molecule has 86 valence electrons. The summed E-state index contributed by atoms with van der Waals surface area (Å²) in [7, 11) is 0. The van der Waals surface area contributed by atoms with Crippen LogP contribution in [-0.2, 0) is 6.54 Å². The fourth-order valence-electron chi connectivity index (χ4n) is 2.86. The van der Waals surface area contributed by atoms with Gasteiger partial charge in [0.05, 0.1) is 19.6 Å². The lowest BCUT2D eigenvalue weighted by Crippen LogP contribution is -2.66. The largest absolute Gasteiger partial charge is 0.317 e. The molecule has 4 heteroatoms. The molecule has 3 fully saturated rings. The Bertz CT molecular complexity index is 355. The van der Waals surface area contributed by atoms with Crippen LogP contribution >= 0.6 is 11.6 Å². The Morgan fingerprint density at radius 1 is 1.19 bits per heavy atom. The van der Waals surface area contributed by atoms with Gasteiger partial charge in [0.25, 0.3) is 0 Å². The fourth-order valence-corrected chi connectivity index (χ4v) is 2.97. The van der Waals surface area contributed by atoms with E-state index in [-0.39, 0.29) is 0 Å². The Kier molecular flexibility index (Phi) is 2.62. The molecular weight excluding hydrogens is 222 g/mol. The van der Waals surface area contributed by atoms with Gasteiger partial charge in [-0.3, -0.25) is 4.90 Å². The van der Waals surface area contributed by atoms with Crippen molar-refractivity contribution in [2.24, 2.45) is 0 Å². The van der Waals surface area contributed by atoms with Crippen molar-refractivity contribution in [3.63, 3.8) is 0 Å².